The zero-order chi connectivity index (χ0) is 46.4. The summed E-state index contributed by atoms with van der Waals surface area (Å²) in [6, 6.07) is 0. The first-order chi connectivity index (χ1) is 30.4. The Morgan fingerprint density at radius 2 is 0.746 bits per heavy atom. The minimum Gasteiger partial charge on any atom is -0.462 e. The Kier molecular flexibility index (Phi) is 38.0. The number of phosphoric ester groups is 1. The van der Waals surface area contributed by atoms with Gasteiger partial charge in [0, 0.05) is 12.8 Å². The van der Waals surface area contributed by atoms with Crippen LogP contribution in [0.4, 0.5) is 0 Å². The SMILES string of the molecule is CCCCCCCCCCCCCCCCCCCCCCCCCCCCCCCCCCCC(=O)OC[C@H](COP(=O)(O)OC1C(O)C(O)C(O)[C@@H](O)C1O)OC(=O)CCC. The fourth-order valence-corrected chi connectivity index (χ4v) is 9.30. The Labute approximate surface area is 382 Å². The van der Waals surface area contributed by atoms with E-state index in [2.05, 4.69) is 6.92 Å². The van der Waals surface area contributed by atoms with Crippen molar-refractivity contribution in [2.24, 2.45) is 0 Å². The molecule has 0 aliphatic heterocycles. The highest BCUT2D eigenvalue weighted by molar-refractivity contribution is 7.47. The van der Waals surface area contributed by atoms with E-state index < -0.39 is 75.7 Å². The van der Waals surface area contributed by atoms with Gasteiger partial charge in [-0.1, -0.05) is 219 Å². The van der Waals surface area contributed by atoms with Gasteiger partial charge in [0.15, 0.2) is 6.10 Å². The van der Waals surface area contributed by atoms with E-state index in [4.69, 9.17) is 18.5 Å². The van der Waals surface area contributed by atoms with Gasteiger partial charge in [-0.15, -0.1) is 0 Å². The Morgan fingerprint density at radius 1 is 0.429 bits per heavy atom. The summed E-state index contributed by atoms with van der Waals surface area (Å²) in [6.45, 7) is 2.88. The third kappa shape index (κ3) is 32.2. The summed E-state index contributed by atoms with van der Waals surface area (Å²) < 4.78 is 32.8. The van der Waals surface area contributed by atoms with Crippen molar-refractivity contribution in [2.45, 2.75) is 288 Å². The molecule has 1 aliphatic rings. The van der Waals surface area contributed by atoms with E-state index in [1.54, 1.807) is 6.92 Å². The van der Waals surface area contributed by atoms with Gasteiger partial charge in [0.25, 0.3) is 0 Å². The Balaban J connectivity index is 1.96. The number of aliphatic hydroxyl groups is 5. The van der Waals surface area contributed by atoms with E-state index in [1.165, 1.54) is 186 Å². The molecule has 0 spiro atoms. The van der Waals surface area contributed by atoms with Crippen molar-refractivity contribution in [1.82, 2.24) is 0 Å². The summed E-state index contributed by atoms with van der Waals surface area (Å²) in [5, 5.41) is 49.6. The molecule has 1 rings (SSSR count). The van der Waals surface area contributed by atoms with E-state index >= 15 is 0 Å². The molecular weight excluding hydrogens is 828 g/mol. The molecular formula is C49H95O13P. The van der Waals surface area contributed by atoms with Crippen LogP contribution < -0.4 is 0 Å². The van der Waals surface area contributed by atoms with Crippen LogP contribution in [0.3, 0.4) is 0 Å². The normalized spacial score (nSPS) is 21.6. The second-order valence-corrected chi connectivity index (χ2v) is 19.8. The quantitative estimate of drug-likeness (QED) is 0.0191. The summed E-state index contributed by atoms with van der Waals surface area (Å²) in [6.07, 6.45) is 31.7. The first-order valence-electron chi connectivity index (χ1n) is 25.8. The van der Waals surface area contributed by atoms with Gasteiger partial charge in [0.2, 0.25) is 0 Å². The molecule has 0 saturated heterocycles. The maximum absolute atomic E-state index is 12.6. The molecule has 13 nitrogen and oxygen atoms in total. The zero-order valence-electron chi connectivity index (χ0n) is 39.9. The molecule has 1 aliphatic carbocycles. The number of hydrogen-bond donors (Lipinski definition) is 6. The van der Waals surface area contributed by atoms with Crippen LogP contribution in [0.2, 0.25) is 0 Å². The van der Waals surface area contributed by atoms with Crippen molar-refractivity contribution >= 4 is 19.8 Å². The van der Waals surface area contributed by atoms with E-state index in [0.717, 1.165) is 19.3 Å². The Hall–Kier alpha value is -1.15. The van der Waals surface area contributed by atoms with Gasteiger partial charge in [-0.2, -0.15) is 0 Å². The van der Waals surface area contributed by atoms with Crippen molar-refractivity contribution in [2.75, 3.05) is 13.2 Å². The molecule has 6 N–H and O–H groups in total. The lowest BCUT2D eigenvalue weighted by Crippen LogP contribution is -2.64. The maximum atomic E-state index is 12.6. The highest BCUT2D eigenvalue weighted by atomic mass is 31.2. The lowest BCUT2D eigenvalue weighted by molar-refractivity contribution is -0.220. The summed E-state index contributed by atoms with van der Waals surface area (Å²) >= 11 is 0. The minimum absolute atomic E-state index is 0.0516. The molecule has 0 heterocycles. The summed E-state index contributed by atoms with van der Waals surface area (Å²) in [5.74, 6) is -1.15. The minimum atomic E-state index is -5.08. The van der Waals surface area contributed by atoms with Crippen LogP contribution in [0.1, 0.15) is 245 Å². The molecule has 1 fully saturated rings. The number of carbonyl (C=O) groups is 2. The number of rotatable bonds is 44. The average Bonchev–Trinajstić information content (AvgIpc) is 3.26. The number of esters is 2. The van der Waals surface area contributed by atoms with Crippen molar-refractivity contribution in [3.05, 3.63) is 0 Å². The molecule has 0 aromatic carbocycles. The molecule has 1 saturated carbocycles. The Bertz CT molecular complexity index is 1110. The first kappa shape index (κ1) is 59.9. The Morgan fingerprint density at radius 3 is 1.08 bits per heavy atom. The fourth-order valence-electron chi connectivity index (χ4n) is 8.33. The number of ether oxygens (including phenoxy) is 2. The third-order valence-electron chi connectivity index (χ3n) is 12.4. The highest BCUT2D eigenvalue weighted by Crippen LogP contribution is 2.47. The van der Waals surface area contributed by atoms with Crippen molar-refractivity contribution in [3.63, 3.8) is 0 Å². The molecule has 0 amide bonds. The molecule has 374 valence electrons. The number of carbonyl (C=O) groups excluding carboxylic acids is 2. The van der Waals surface area contributed by atoms with Crippen molar-refractivity contribution in [3.8, 4) is 0 Å². The fraction of sp³-hybridized carbons (Fsp3) is 0.959. The van der Waals surface area contributed by atoms with Crippen LogP contribution in [0.15, 0.2) is 0 Å². The first-order valence-corrected chi connectivity index (χ1v) is 27.3. The average molecular weight is 923 g/mol. The van der Waals surface area contributed by atoms with Crippen LogP contribution in [0, 0.1) is 0 Å². The second kappa shape index (κ2) is 40.0. The molecule has 63 heavy (non-hydrogen) atoms. The molecule has 0 radical (unpaired) electrons. The maximum Gasteiger partial charge on any atom is 0.472 e. The predicted molar refractivity (Wildman–Crippen MR) is 249 cm³/mol. The van der Waals surface area contributed by atoms with Gasteiger partial charge in [-0.3, -0.25) is 18.6 Å². The smallest absolute Gasteiger partial charge is 0.462 e. The van der Waals surface area contributed by atoms with E-state index in [9.17, 15) is 44.6 Å². The van der Waals surface area contributed by atoms with E-state index in [0.29, 0.717) is 12.8 Å². The standard InChI is InChI=1S/C49H95O13P/c1-3-5-6-7-8-9-10-11-12-13-14-15-16-17-18-19-20-21-22-23-24-25-26-27-28-29-30-31-32-33-34-35-36-38-42(50)59-39-41(61-43(51)37-4-2)40-60-63(57,58)62-49-47(55)45(53)44(52)46(54)48(49)56/h41,44-49,52-56H,3-40H2,1-2H3,(H,57,58)/t41-,44?,45-,46?,47?,48?,49?/m1/s1. The summed E-state index contributed by atoms with van der Waals surface area (Å²) in [5.41, 5.74) is 0. The van der Waals surface area contributed by atoms with Crippen molar-refractivity contribution in [1.29, 1.82) is 0 Å². The molecule has 8 atom stereocenters. The molecule has 6 unspecified atom stereocenters. The van der Waals surface area contributed by atoms with Gasteiger partial charge >= 0.3 is 19.8 Å². The van der Waals surface area contributed by atoms with Gasteiger partial charge in [-0.05, 0) is 12.8 Å². The van der Waals surface area contributed by atoms with Crippen LogP contribution in [-0.4, -0.2) is 98.3 Å². The number of aliphatic hydroxyl groups excluding tert-OH is 5. The number of unbranched alkanes of at least 4 members (excludes halogenated alkanes) is 32. The predicted octanol–water partition coefficient (Wildman–Crippen LogP) is 10.8. The number of phosphoric acid groups is 1. The van der Waals surface area contributed by atoms with Crippen LogP contribution in [0.25, 0.3) is 0 Å². The lowest BCUT2D eigenvalue weighted by atomic mass is 9.85. The molecule has 0 bridgehead atoms. The van der Waals surface area contributed by atoms with E-state index in [1.807, 2.05) is 0 Å². The van der Waals surface area contributed by atoms with Crippen molar-refractivity contribution < 1.29 is 63.1 Å². The second-order valence-electron chi connectivity index (χ2n) is 18.4. The topological polar surface area (TPSA) is 210 Å². The molecule has 14 heteroatoms. The van der Waals surface area contributed by atoms with Gasteiger partial charge in [-0.25, -0.2) is 4.57 Å². The summed E-state index contributed by atoms with van der Waals surface area (Å²) in [7, 11) is -5.08. The highest BCUT2D eigenvalue weighted by Gasteiger charge is 2.51. The van der Waals surface area contributed by atoms with E-state index in [-0.39, 0.29) is 12.8 Å². The van der Waals surface area contributed by atoms with Crippen LogP contribution in [0.5, 0.6) is 0 Å². The van der Waals surface area contributed by atoms with Crippen LogP contribution >= 0.6 is 7.82 Å². The zero-order valence-corrected chi connectivity index (χ0v) is 40.8. The van der Waals surface area contributed by atoms with Gasteiger partial charge < -0.3 is 39.9 Å². The van der Waals surface area contributed by atoms with Gasteiger partial charge in [0.05, 0.1) is 6.61 Å². The number of hydrogen-bond acceptors (Lipinski definition) is 12. The molecule has 0 aromatic rings. The monoisotopic (exact) mass is 923 g/mol. The molecule has 0 aromatic heterocycles. The third-order valence-corrected chi connectivity index (χ3v) is 13.4. The van der Waals surface area contributed by atoms with Crippen LogP contribution in [-0.2, 0) is 32.7 Å². The largest absolute Gasteiger partial charge is 0.472 e. The summed E-state index contributed by atoms with van der Waals surface area (Å²) in [4.78, 5) is 34.7. The van der Waals surface area contributed by atoms with Gasteiger partial charge in [0.1, 0.15) is 43.2 Å². The lowest BCUT2D eigenvalue weighted by Gasteiger charge is -2.41.